The fourth-order valence-corrected chi connectivity index (χ4v) is 2.85. The third kappa shape index (κ3) is 2.59. The van der Waals surface area contributed by atoms with Crippen LogP contribution in [-0.2, 0) is 4.79 Å². The van der Waals surface area contributed by atoms with Gasteiger partial charge in [-0.3, -0.25) is 4.79 Å². The van der Waals surface area contributed by atoms with Crippen molar-refractivity contribution in [2.45, 2.75) is 53.9 Å². The van der Waals surface area contributed by atoms with Crippen molar-refractivity contribution in [3.8, 4) is 0 Å². The fourth-order valence-electron chi connectivity index (χ4n) is 2.85. The number of rotatable bonds is 2. The Labute approximate surface area is 88.3 Å². The zero-order valence-electron chi connectivity index (χ0n) is 10.3. The van der Waals surface area contributed by atoms with E-state index in [1.54, 1.807) is 6.92 Å². The maximum absolute atomic E-state index is 11.6. The van der Waals surface area contributed by atoms with Crippen LogP contribution in [0.25, 0.3) is 0 Å². The van der Waals surface area contributed by atoms with Gasteiger partial charge in [0.05, 0.1) is 0 Å². The lowest BCUT2D eigenvalue weighted by atomic mass is 9.63. The van der Waals surface area contributed by atoms with Crippen molar-refractivity contribution in [3.63, 3.8) is 0 Å². The van der Waals surface area contributed by atoms with Crippen molar-refractivity contribution < 1.29 is 4.79 Å². The van der Waals surface area contributed by atoms with E-state index >= 15 is 0 Å². The quantitative estimate of drug-likeness (QED) is 0.658. The molecule has 1 saturated carbocycles. The van der Waals surface area contributed by atoms with Crippen LogP contribution in [-0.4, -0.2) is 5.78 Å². The van der Waals surface area contributed by atoms with Crippen LogP contribution in [0.1, 0.15) is 53.9 Å². The topological polar surface area (TPSA) is 17.1 Å². The molecule has 1 rings (SSSR count). The smallest absolute Gasteiger partial charge is 0.133 e. The Morgan fingerprint density at radius 2 is 1.93 bits per heavy atom. The normalized spacial score (nSPS) is 31.9. The fraction of sp³-hybridized carbons (Fsp3) is 0.923. The molecule has 1 aliphatic rings. The summed E-state index contributed by atoms with van der Waals surface area (Å²) in [6.45, 7) is 10.8. The van der Waals surface area contributed by atoms with Crippen molar-refractivity contribution in [3.05, 3.63) is 0 Å². The zero-order valence-corrected chi connectivity index (χ0v) is 10.3. The van der Waals surface area contributed by atoms with Crippen molar-refractivity contribution in [2.24, 2.45) is 23.2 Å². The molecule has 0 aromatic carbocycles. The number of ketones is 1. The highest BCUT2D eigenvalue weighted by molar-refractivity contribution is 5.78. The van der Waals surface area contributed by atoms with Gasteiger partial charge < -0.3 is 0 Å². The summed E-state index contributed by atoms with van der Waals surface area (Å²) in [6, 6.07) is 0. The second-order valence-corrected chi connectivity index (χ2v) is 6.03. The van der Waals surface area contributed by atoms with Crippen LogP contribution in [0.5, 0.6) is 0 Å². The summed E-state index contributed by atoms with van der Waals surface area (Å²) < 4.78 is 0. The van der Waals surface area contributed by atoms with Gasteiger partial charge in [-0.25, -0.2) is 0 Å². The molecule has 2 atom stereocenters. The number of hydrogen-bond acceptors (Lipinski definition) is 1. The average Bonchev–Trinajstić information content (AvgIpc) is 2.01. The van der Waals surface area contributed by atoms with Crippen LogP contribution >= 0.6 is 0 Å². The van der Waals surface area contributed by atoms with Crippen LogP contribution in [0, 0.1) is 23.2 Å². The molecule has 1 aliphatic carbocycles. The number of hydrogen-bond donors (Lipinski definition) is 0. The standard InChI is InChI=1S/C13H24O/c1-9(2)11-6-7-13(4,5)8-12(11)10(3)14/h9,11-12H,6-8H2,1-5H3. The van der Waals surface area contributed by atoms with Gasteiger partial charge >= 0.3 is 0 Å². The number of carbonyl (C=O) groups excluding carboxylic acids is 1. The van der Waals surface area contributed by atoms with E-state index in [4.69, 9.17) is 0 Å². The lowest BCUT2D eigenvalue weighted by Crippen LogP contribution is -2.36. The molecule has 0 N–H and O–H groups in total. The van der Waals surface area contributed by atoms with Gasteiger partial charge in [0, 0.05) is 5.92 Å². The van der Waals surface area contributed by atoms with E-state index in [0.29, 0.717) is 29.0 Å². The first-order chi connectivity index (χ1) is 6.33. The maximum Gasteiger partial charge on any atom is 0.133 e. The first-order valence-corrected chi connectivity index (χ1v) is 5.84. The Kier molecular flexibility index (Phi) is 3.39. The van der Waals surface area contributed by atoms with Gasteiger partial charge in [0.2, 0.25) is 0 Å². The third-order valence-electron chi connectivity index (χ3n) is 3.82. The Morgan fingerprint density at radius 1 is 1.36 bits per heavy atom. The van der Waals surface area contributed by atoms with E-state index in [1.165, 1.54) is 12.8 Å². The monoisotopic (exact) mass is 196 g/mol. The van der Waals surface area contributed by atoms with Gasteiger partial charge in [-0.05, 0) is 43.4 Å². The van der Waals surface area contributed by atoms with Crippen LogP contribution in [0.3, 0.4) is 0 Å². The predicted molar refractivity (Wildman–Crippen MR) is 60.1 cm³/mol. The highest BCUT2D eigenvalue weighted by Crippen LogP contribution is 2.44. The molecule has 1 heteroatoms. The van der Waals surface area contributed by atoms with Crippen LogP contribution in [0.15, 0.2) is 0 Å². The van der Waals surface area contributed by atoms with E-state index in [1.807, 2.05) is 0 Å². The van der Waals surface area contributed by atoms with Crippen molar-refractivity contribution in [1.29, 1.82) is 0 Å². The molecular weight excluding hydrogens is 172 g/mol. The molecule has 0 aliphatic heterocycles. The summed E-state index contributed by atoms with van der Waals surface area (Å²) in [4.78, 5) is 11.6. The summed E-state index contributed by atoms with van der Waals surface area (Å²) in [6.07, 6.45) is 3.60. The summed E-state index contributed by atoms with van der Waals surface area (Å²) >= 11 is 0. The minimum atomic E-state index is 0.318. The van der Waals surface area contributed by atoms with Crippen molar-refractivity contribution >= 4 is 5.78 Å². The summed E-state index contributed by atoms with van der Waals surface area (Å²) in [5.41, 5.74) is 0.377. The summed E-state index contributed by atoms with van der Waals surface area (Å²) in [5, 5.41) is 0. The highest BCUT2D eigenvalue weighted by atomic mass is 16.1. The van der Waals surface area contributed by atoms with Gasteiger partial charge in [-0.2, -0.15) is 0 Å². The molecule has 14 heavy (non-hydrogen) atoms. The van der Waals surface area contributed by atoms with Crippen LogP contribution in [0.4, 0.5) is 0 Å². The number of carbonyl (C=O) groups is 1. The molecule has 0 radical (unpaired) electrons. The molecule has 0 heterocycles. The van der Waals surface area contributed by atoms with Crippen LogP contribution < -0.4 is 0 Å². The van der Waals surface area contributed by atoms with Crippen molar-refractivity contribution in [2.75, 3.05) is 0 Å². The second kappa shape index (κ2) is 4.04. The minimum absolute atomic E-state index is 0.318. The van der Waals surface area contributed by atoms with Gasteiger partial charge in [0.1, 0.15) is 5.78 Å². The molecule has 0 bridgehead atoms. The summed E-state index contributed by atoms with van der Waals surface area (Å²) in [5.74, 6) is 2.00. The van der Waals surface area contributed by atoms with Crippen LogP contribution in [0.2, 0.25) is 0 Å². The molecule has 2 unspecified atom stereocenters. The largest absolute Gasteiger partial charge is 0.300 e. The molecule has 0 saturated heterocycles. The lowest BCUT2D eigenvalue weighted by molar-refractivity contribution is -0.126. The summed E-state index contributed by atoms with van der Waals surface area (Å²) in [7, 11) is 0. The van der Waals surface area contributed by atoms with E-state index in [-0.39, 0.29) is 0 Å². The molecule has 0 aromatic rings. The van der Waals surface area contributed by atoms with Gasteiger partial charge in [0.15, 0.2) is 0 Å². The van der Waals surface area contributed by atoms with E-state index in [9.17, 15) is 4.79 Å². The Balaban J connectivity index is 2.76. The molecule has 0 spiro atoms. The molecule has 0 amide bonds. The number of Topliss-reactive ketones (excluding diaryl/α,β-unsaturated/α-hetero) is 1. The SMILES string of the molecule is CC(=O)C1CC(C)(C)CCC1C(C)C. The van der Waals surface area contributed by atoms with E-state index in [2.05, 4.69) is 27.7 Å². The second-order valence-electron chi connectivity index (χ2n) is 6.03. The van der Waals surface area contributed by atoms with E-state index < -0.39 is 0 Å². The highest BCUT2D eigenvalue weighted by Gasteiger charge is 2.38. The lowest BCUT2D eigenvalue weighted by Gasteiger charge is -2.41. The Bertz CT molecular complexity index is 215. The Morgan fingerprint density at radius 3 is 2.36 bits per heavy atom. The average molecular weight is 196 g/mol. The Hall–Kier alpha value is -0.330. The third-order valence-corrected chi connectivity index (χ3v) is 3.82. The van der Waals surface area contributed by atoms with Gasteiger partial charge in [-0.15, -0.1) is 0 Å². The van der Waals surface area contributed by atoms with E-state index in [0.717, 1.165) is 6.42 Å². The maximum atomic E-state index is 11.6. The zero-order chi connectivity index (χ0) is 10.9. The first kappa shape index (κ1) is 11.7. The molecule has 1 fully saturated rings. The van der Waals surface area contributed by atoms with Gasteiger partial charge in [0.25, 0.3) is 0 Å². The predicted octanol–water partition coefficient (Wildman–Crippen LogP) is 3.67. The molecule has 82 valence electrons. The van der Waals surface area contributed by atoms with Gasteiger partial charge in [-0.1, -0.05) is 27.7 Å². The van der Waals surface area contributed by atoms with Crippen molar-refractivity contribution in [1.82, 2.24) is 0 Å². The molecule has 0 aromatic heterocycles. The minimum Gasteiger partial charge on any atom is -0.300 e. The first-order valence-electron chi connectivity index (χ1n) is 5.84. The molecule has 1 nitrogen and oxygen atoms in total. The molecular formula is C13H24O.